The molecule has 0 radical (unpaired) electrons. The van der Waals surface area contributed by atoms with Crippen LogP contribution in [0.2, 0.25) is 0 Å². The fourth-order valence-corrected chi connectivity index (χ4v) is 0.628. The summed E-state index contributed by atoms with van der Waals surface area (Å²) in [5.41, 5.74) is 0. The predicted molar refractivity (Wildman–Crippen MR) is 40.3 cm³/mol. The summed E-state index contributed by atoms with van der Waals surface area (Å²) >= 11 is 0. The van der Waals surface area contributed by atoms with Gasteiger partial charge in [-0.1, -0.05) is 0 Å². The van der Waals surface area contributed by atoms with Crippen molar-refractivity contribution in [2.24, 2.45) is 5.10 Å². The molecule has 0 amide bonds. The Balaban J connectivity index is 2.63. The number of hydrogen-bond donors (Lipinski definition) is 0. The van der Waals surface area contributed by atoms with Gasteiger partial charge in [-0.25, -0.2) is 0 Å². The molecular weight excluding hydrogens is 160 g/mol. The Bertz CT molecular complexity index is 291. The highest BCUT2D eigenvalue weighted by molar-refractivity contribution is 5.85. The molecule has 0 aliphatic carbocycles. The van der Waals surface area contributed by atoms with Gasteiger partial charge in [0.1, 0.15) is 0 Å². The van der Waals surface area contributed by atoms with Gasteiger partial charge in [-0.3, -0.25) is 4.79 Å². The van der Waals surface area contributed by atoms with Crippen molar-refractivity contribution < 1.29 is 9.53 Å². The first-order valence-electron chi connectivity index (χ1n) is 3.29. The Kier molecular flexibility index (Phi) is 2.52. The quantitative estimate of drug-likeness (QED) is 0.337. The minimum Gasteiger partial charge on any atom is -0.410 e. The lowest BCUT2D eigenvalue weighted by molar-refractivity contribution is -0.133. The van der Waals surface area contributed by atoms with Crippen LogP contribution in [0.4, 0.5) is 0 Å². The minimum atomic E-state index is -0.406. The van der Waals surface area contributed by atoms with E-state index < -0.39 is 5.97 Å². The van der Waals surface area contributed by atoms with E-state index in [0.29, 0.717) is 0 Å². The van der Waals surface area contributed by atoms with Crippen LogP contribution in [0.15, 0.2) is 17.5 Å². The zero-order valence-corrected chi connectivity index (χ0v) is 6.76. The molecule has 0 unspecified atom stereocenters. The summed E-state index contributed by atoms with van der Waals surface area (Å²) in [6, 6.07) is 0. The number of carbonyl (C=O) groups excluding carboxylic acids is 1. The molecule has 0 bridgehead atoms. The van der Waals surface area contributed by atoms with Crippen LogP contribution in [0.1, 0.15) is 13.8 Å². The second-order valence-corrected chi connectivity index (χ2v) is 2.04. The van der Waals surface area contributed by atoms with Gasteiger partial charge in [-0.2, -0.15) is 0 Å². The zero-order chi connectivity index (χ0) is 8.97. The fraction of sp³-hybridized carbons (Fsp3) is 0.333. The maximum absolute atomic E-state index is 10.4. The summed E-state index contributed by atoms with van der Waals surface area (Å²) in [6.07, 6.45) is 3.01. The lowest BCUT2D eigenvalue weighted by Gasteiger charge is -1.97. The minimum absolute atomic E-state index is 0.230. The second-order valence-electron chi connectivity index (χ2n) is 2.04. The molecule has 64 valence electrons. The van der Waals surface area contributed by atoms with Crippen molar-refractivity contribution in [3.05, 3.63) is 12.4 Å². The first-order valence-corrected chi connectivity index (χ1v) is 3.29. The normalized spacial score (nSPS) is 11.3. The molecule has 0 spiro atoms. The van der Waals surface area contributed by atoms with Crippen LogP contribution in [0, 0.1) is 0 Å². The third kappa shape index (κ3) is 2.49. The van der Waals surface area contributed by atoms with Gasteiger partial charge >= 0.3 is 5.97 Å². The molecule has 1 rings (SSSR count). The fourth-order valence-electron chi connectivity index (χ4n) is 0.628. The molecule has 1 aromatic heterocycles. The average molecular weight is 168 g/mol. The zero-order valence-electron chi connectivity index (χ0n) is 6.76. The van der Waals surface area contributed by atoms with Crippen LogP contribution >= 0.6 is 0 Å². The Morgan fingerprint density at radius 3 is 2.83 bits per heavy atom. The smallest absolute Gasteiger partial charge is 0.309 e. The van der Waals surface area contributed by atoms with E-state index in [4.69, 9.17) is 0 Å². The molecule has 0 atom stereocenters. The van der Waals surface area contributed by atoms with E-state index in [1.807, 2.05) is 0 Å². The van der Waals surface area contributed by atoms with E-state index in [1.54, 1.807) is 6.92 Å². The molecule has 12 heavy (non-hydrogen) atoms. The molecule has 6 nitrogen and oxygen atoms in total. The van der Waals surface area contributed by atoms with E-state index in [-0.39, 0.29) is 5.90 Å². The first kappa shape index (κ1) is 8.38. The Morgan fingerprint density at radius 2 is 2.33 bits per heavy atom. The summed E-state index contributed by atoms with van der Waals surface area (Å²) in [7, 11) is 0. The standard InChI is InChI=1S/C6H8N4O2/c1-5(12-6(2)11)8-10-4-3-7-9-10/h3-4H,1-2H3/b8-5+. The molecule has 6 heteroatoms. The first-order chi connectivity index (χ1) is 5.68. The van der Waals surface area contributed by atoms with E-state index in [0.717, 1.165) is 0 Å². The van der Waals surface area contributed by atoms with Crippen LogP contribution in [0.25, 0.3) is 0 Å². The largest absolute Gasteiger partial charge is 0.410 e. The summed E-state index contributed by atoms with van der Waals surface area (Å²) in [5, 5.41) is 10.8. The predicted octanol–water partition coefficient (Wildman–Crippen LogP) is 0.0227. The molecule has 0 aliphatic heterocycles. The average Bonchev–Trinajstić information content (AvgIpc) is 2.37. The van der Waals surface area contributed by atoms with E-state index in [2.05, 4.69) is 20.2 Å². The molecule has 0 fully saturated rings. The van der Waals surface area contributed by atoms with Crippen molar-refractivity contribution in [3.63, 3.8) is 0 Å². The van der Waals surface area contributed by atoms with Crippen LogP contribution in [0.5, 0.6) is 0 Å². The molecule has 0 aromatic carbocycles. The number of hydrogen-bond acceptors (Lipinski definition) is 5. The van der Waals surface area contributed by atoms with Crippen molar-refractivity contribution in [2.75, 3.05) is 0 Å². The van der Waals surface area contributed by atoms with Crippen molar-refractivity contribution in [3.8, 4) is 0 Å². The maximum atomic E-state index is 10.4. The maximum Gasteiger partial charge on any atom is 0.309 e. The van der Waals surface area contributed by atoms with Gasteiger partial charge in [0, 0.05) is 13.8 Å². The highest BCUT2D eigenvalue weighted by atomic mass is 16.5. The van der Waals surface area contributed by atoms with Crippen LogP contribution in [0.3, 0.4) is 0 Å². The van der Waals surface area contributed by atoms with Crippen molar-refractivity contribution in [1.82, 2.24) is 15.1 Å². The van der Waals surface area contributed by atoms with Crippen LogP contribution in [-0.4, -0.2) is 27.0 Å². The van der Waals surface area contributed by atoms with Gasteiger partial charge in [0.25, 0.3) is 0 Å². The Labute approximate surface area is 68.8 Å². The number of esters is 1. The number of nitrogens with zero attached hydrogens (tertiary/aromatic N) is 4. The molecule has 0 N–H and O–H groups in total. The summed E-state index contributed by atoms with van der Waals surface area (Å²) < 4.78 is 4.65. The second kappa shape index (κ2) is 3.61. The summed E-state index contributed by atoms with van der Waals surface area (Å²) in [5.74, 6) is -0.177. The highest BCUT2D eigenvalue weighted by Crippen LogP contribution is 1.85. The Hall–Kier alpha value is -1.72. The van der Waals surface area contributed by atoms with Crippen molar-refractivity contribution >= 4 is 11.9 Å². The summed E-state index contributed by atoms with van der Waals surface area (Å²) in [4.78, 5) is 11.6. The van der Waals surface area contributed by atoms with E-state index in [9.17, 15) is 4.79 Å². The monoisotopic (exact) mass is 168 g/mol. The topological polar surface area (TPSA) is 69.4 Å². The van der Waals surface area contributed by atoms with E-state index >= 15 is 0 Å². The molecule has 1 heterocycles. The van der Waals surface area contributed by atoms with Gasteiger partial charge in [-0.05, 0) is 5.21 Å². The van der Waals surface area contributed by atoms with Gasteiger partial charge in [0.15, 0.2) is 0 Å². The number of rotatable bonds is 1. The van der Waals surface area contributed by atoms with Crippen LogP contribution < -0.4 is 0 Å². The molecule has 0 saturated heterocycles. The molecule has 0 aliphatic rings. The van der Waals surface area contributed by atoms with E-state index in [1.165, 1.54) is 24.1 Å². The lowest BCUT2D eigenvalue weighted by Crippen LogP contribution is -2.07. The number of ether oxygens (including phenoxy) is 1. The SMILES string of the molecule is CC(=O)O/C(C)=N/n1ccnn1. The Morgan fingerprint density at radius 1 is 1.58 bits per heavy atom. The van der Waals surface area contributed by atoms with Gasteiger partial charge in [0.05, 0.1) is 12.4 Å². The van der Waals surface area contributed by atoms with Gasteiger partial charge < -0.3 is 4.74 Å². The van der Waals surface area contributed by atoms with Gasteiger partial charge in [0.2, 0.25) is 5.90 Å². The molecule has 0 saturated carbocycles. The number of aromatic nitrogens is 3. The third-order valence-corrected chi connectivity index (χ3v) is 0.945. The lowest BCUT2D eigenvalue weighted by atomic mass is 10.7. The van der Waals surface area contributed by atoms with Crippen molar-refractivity contribution in [1.29, 1.82) is 0 Å². The summed E-state index contributed by atoms with van der Waals surface area (Å²) in [6.45, 7) is 2.86. The van der Waals surface area contributed by atoms with Crippen LogP contribution in [-0.2, 0) is 9.53 Å². The third-order valence-electron chi connectivity index (χ3n) is 0.945. The highest BCUT2D eigenvalue weighted by Gasteiger charge is 1.96. The molecule has 1 aromatic rings. The van der Waals surface area contributed by atoms with Gasteiger partial charge in [-0.15, -0.1) is 15.0 Å². The van der Waals surface area contributed by atoms with Crippen molar-refractivity contribution in [2.45, 2.75) is 13.8 Å². The molecular formula is C6H8N4O2. The number of carbonyl (C=O) groups is 1.